The van der Waals surface area contributed by atoms with Crippen LogP contribution in [0.2, 0.25) is 0 Å². The Hall–Kier alpha value is -1.93. The van der Waals surface area contributed by atoms with Crippen molar-refractivity contribution in [1.82, 2.24) is 10.3 Å². The number of hydrogen-bond acceptors (Lipinski definition) is 5. The van der Waals surface area contributed by atoms with Crippen LogP contribution in [0.3, 0.4) is 0 Å². The molecule has 1 amide bonds. The number of carbonyl (C=O) groups is 2. The molecule has 0 fully saturated rings. The van der Waals surface area contributed by atoms with Gasteiger partial charge in [0.15, 0.2) is 0 Å². The average Bonchev–Trinajstić information content (AvgIpc) is 2.60. The van der Waals surface area contributed by atoms with Crippen molar-refractivity contribution in [2.45, 2.75) is 12.5 Å². The molecule has 8 heteroatoms. The molecule has 0 radical (unpaired) electrons. The van der Waals surface area contributed by atoms with Gasteiger partial charge in [0.1, 0.15) is 6.04 Å². The molecule has 1 heterocycles. The lowest BCUT2D eigenvalue weighted by Gasteiger charge is -2.17. The molecule has 0 spiro atoms. The van der Waals surface area contributed by atoms with Crippen LogP contribution in [0.4, 0.5) is 0 Å². The molecule has 0 saturated carbocycles. The summed E-state index contributed by atoms with van der Waals surface area (Å²) in [5.41, 5.74) is 1.19. The van der Waals surface area contributed by atoms with Crippen molar-refractivity contribution in [2.24, 2.45) is 0 Å². The molecule has 0 saturated heterocycles. The van der Waals surface area contributed by atoms with E-state index >= 15 is 0 Å². The Morgan fingerprint density at radius 1 is 1.16 bits per heavy atom. The molecule has 132 valence electrons. The van der Waals surface area contributed by atoms with E-state index < -0.39 is 12.0 Å². The molecule has 0 unspecified atom stereocenters. The van der Waals surface area contributed by atoms with Crippen LogP contribution in [0.15, 0.2) is 45.5 Å². The van der Waals surface area contributed by atoms with E-state index in [1.165, 1.54) is 14.2 Å². The maximum atomic E-state index is 12.5. The Balaban J connectivity index is 2.16. The molecule has 6 nitrogen and oxygen atoms in total. The summed E-state index contributed by atoms with van der Waals surface area (Å²) in [7, 11) is 2.80. The molecule has 0 aliphatic heterocycles. The number of esters is 1. The Labute approximate surface area is 162 Å². The molecule has 25 heavy (non-hydrogen) atoms. The zero-order valence-corrected chi connectivity index (χ0v) is 16.8. The lowest BCUT2D eigenvalue weighted by molar-refractivity contribution is -0.142. The molecule has 0 aliphatic carbocycles. The number of ether oxygens (including phenoxy) is 2. The monoisotopic (exact) mass is 470 g/mol. The lowest BCUT2D eigenvalue weighted by atomic mass is 10.1. The van der Waals surface area contributed by atoms with E-state index in [0.29, 0.717) is 11.4 Å². The van der Waals surface area contributed by atoms with Gasteiger partial charge in [-0.2, -0.15) is 0 Å². The van der Waals surface area contributed by atoms with Crippen LogP contribution >= 0.6 is 31.9 Å². The van der Waals surface area contributed by atoms with E-state index in [1.807, 2.05) is 6.07 Å². The number of nitrogens with one attached hydrogen (secondary N) is 1. The Bertz CT molecular complexity index is 745. The number of rotatable bonds is 6. The SMILES string of the molecule is COC(=O)[C@H](Cc1ccc(OC)nc1)NC(=O)c1cc(Br)cc(Br)c1. The second-order valence-electron chi connectivity index (χ2n) is 5.12. The minimum atomic E-state index is -0.828. The van der Waals surface area contributed by atoms with Crippen molar-refractivity contribution < 1.29 is 19.1 Å². The highest BCUT2D eigenvalue weighted by Gasteiger charge is 2.23. The van der Waals surface area contributed by atoms with Crippen LogP contribution in [0.1, 0.15) is 15.9 Å². The number of pyridine rings is 1. The van der Waals surface area contributed by atoms with Gasteiger partial charge >= 0.3 is 5.97 Å². The third kappa shape index (κ3) is 5.54. The third-order valence-electron chi connectivity index (χ3n) is 3.36. The first-order valence-corrected chi connectivity index (χ1v) is 8.85. The standard InChI is InChI=1S/C17H16Br2N2O4/c1-24-15-4-3-10(9-20-15)5-14(17(23)25-2)21-16(22)11-6-12(18)8-13(19)7-11/h3-4,6-9,14H,5H2,1-2H3,(H,21,22)/t14-/m0/s1. The van der Waals surface area contributed by atoms with Gasteiger partial charge in [0.05, 0.1) is 14.2 Å². The highest BCUT2D eigenvalue weighted by atomic mass is 79.9. The van der Waals surface area contributed by atoms with Gasteiger partial charge in [0.2, 0.25) is 5.88 Å². The molecule has 1 aromatic heterocycles. The van der Waals surface area contributed by atoms with Gasteiger partial charge in [-0.15, -0.1) is 0 Å². The van der Waals surface area contributed by atoms with Crippen molar-refractivity contribution in [1.29, 1.82) is 0 Å². The van der Waals surface area contributed by atoms with Crippen molar-refractivity contribution in [2.75, 3.05) is 14.2 Å². The third-order valence-corrected chi connectivity index (χ3v) is 4.28. The molecular weight excluding hydrogens is 456 g/mol. The average molecular weight is 472 g/mol. The number of halogens is 2. The molecule has 0 bridgehead atoms. The second kappa shape index (κ2) is 8.96. The highest BCUT2D eigenvalue weighted by molar-refractivity contribution is 9.11. The topological polar surface area (TPSA) is 77.5 Å². The molecule has 1 N–H and O–H groups in total. The van der Waals surface area contributed by atoms with Crippen LogP contribution in [0.5, 0.6) is 5.88 Å². The van der Waals surface area contributed by atoms with Crippen LogP contribution < -0.4 is 10.1 Å². The normalized spacial score (nSPS) is 11.5. The van der Waals surface area contributed by atoms with Crippen LogP contribution in [0.25, 0.3) is 0 Å². The van der Waals surface area contributed by atoms with Gasteiger partial charge < -0.3 is 14.8 Å². The predicted molar refractivity (Wildman–Crippen MR) is 99.6 cm³/mol. The van der Waals surface area contributed by atoms with Gasteiger partial charge in [-0.05, 0) is 23.8 Å². The van der Waals surface area contributed by atoms with E-state index in [1.54, 1.807) is 30.5 Å². The summed E-state index contributed by atoms with van der Waals surface area (Å²) in [6.07, 6.45) is 1.85. The summed E-state index contributed by atoms with van der Waals surface area (Å²) in [4.78, 5) is 28.6. The van der Waals surface area contributed by atoms with Gasteiger partial charge in [0, 0.05) is 33.2 Å². The van der Waals surface area contributed by atoms with E-state index in [2.05, 4.69) is 42.2 Å². The van der Waals surface area contributed by atoms with E-state index in [-0.39, 0.29) is 12.3 Å². The van der Waals surface area contributed by atoms with Crippen molar-refractivity contribution in [3.05, 3.63) is 56.6 Å². The summed E-state index contributed by atoms with van der Waals surface area (Å²) < 4.78 is 11.3. The molecular formula is C17H16Br2N2O4. The van der Waals surface area contributed by atoms with Gasteiger partial charge in [-0.1, -0.05) is 37.9 Å². The Morgan fingerprint density at radius 3 is 2.36 bits per heavy atom. The number of benzene rings is 1. The first-order valence-electron chi connectivity index (χ1n) is 7.26. The first kappa shape index (κ1) is 19.4. The fourth-order valence-electron chi connectivity index (χ4n) is 2.15. The summed E-state index contributed by atoms with van der Waals surface area (Å²) in [5, 5.41) is 2.70. The molecule has 1 atom stereocenters. The summed E-state index contributed by atoms with van der Waals surface area (Å²) in [5.74, 6) is -0.432. The summed E-state index contributed by atoms with van der Waals surface area (Å²) in [6.45, 7) is 0. The van der Waals surface area contributed by atoms with Gasteiger partial charge in [-0.25, -0.2) is 9.78 Å². The summed E-state index contributed by atoms with van der Waals surface area (Å²) in [6, 6.07) is 7.80. The molecule has 2 rings (SSSR count). The molecule has 0 aliphatic rings. The zero-order chi connectivity index (χ0) is 18.4. The number of carbonyl (C=O) groups excluding carboxylic acids is 2. The van der Waals surface area contributed by atoms with Crippen LogP contribution in [0, 0.1) is 0 Å². The van der Waals surface area contributed by atoms with Crippen molar-refractivity contribution in [3.8, 4) is 5.88 Å². The zero-order valence-electron chi connectivity index (χ0n) is 13.6. The van der Waals surface area contributed by atoms with Gasteiger partial charge in [-0.3, -0.25) is 4.79 Å². The van der Waals surface area contributed by atoms with E-state index in [0.717, 1.165) is 14.5 Å². The molecule has 2 aromatic rings. The minimum Gasteiger partial charge on any atom is -0.481 e. The van der Waals surface area contributed by atoms with E-state index in [9.17, 15) is 9.59 Å². The van der Waals surface area contributed by atoms with Crippen LogP contribution in [-0.2, 0) is 16.0 Å². The number of nitrogens with zero attached hydrogens (tertiary/aromatic N) is 1. The smallest absolute Gasteiger partial charge is 0.328 e. The number of methoxy groups -OCH3 is 2. The Morgan fingerprint density at radius 2 is 1.84 bits per heavy atom. The van der Waals surface area contributed by atoms with Crippen molar-refractivity contribution >= 4 is 43.7 Å². The maximum absolute atomic E-state index is 12.5. The molecule has 1 aromatic carbocycles. The lowest BCUT2D eigenvalue weighted by Crippen LogP contribution is -2.43. The van der Waals surface area contributed by atoms with Gasteiger partial charge in [0.25, 0.3) is 5.91 Å². The fraction of sp³-hybridized carbons (Fsp3) is 0.235. The minimum absolute atomic E-state index is 0.255. The first-order chi connectivity index (χ1) is 11.9. The quantitative estimate of drug-likeness (QED) is 0.655. The number of amides is 1. The number of hydrogen-bond donors (Lipinski definition) is 1. The maximum Gasteiger partial charge on any atom is 0.328 e. The van der Waals surface area contributed by atoms with Crippen LogP contribution in [-0.4, -0.2) is 37.1 Å². The fourth-order valence-corrected chi connectivity index (χ4v) is 3.44. The highest BCUT2D eigenvalue weighted by Crippen LogP contribution is 2.20. The summed E-state index contributed by atoms with van der Waals surface area (Å²) >= 11 is 6.67. The largest absolute Gasteiger partial charge is 0.481 e. The Kier molecular flexibility index (Phi) is 6.95. The second-order valence-corrected chi connectivity index (χ2v) is 6.95. The van der Waals surface area contributed by atoms with Crippen molar-refractivity contribution in [3.63, 3.8) is 0 Å². The number of aromatic nitrogens is 1. The van der Waals surface area contributed by atoms with E-state index in [4.69, 9.17) is 9.47 Å². The predicted octanol–water partition coefficient (Wildman–Crippen LogP) is 3.13.